The number of hydrogen-bond donors (Lipinski definition) is 3. The summed E-state index contributed by atoms with van der Waals surface area (Å²) in [6, 6.07) is 1.25. The van der Waals surface area contributed by atoms with Crippen molar-refractivity contribution in [3.8, 4) is 0 Å². The molecule has 3 N–H and O–H groups in total. The Bertz CT molecular complexity index is 615. The highest BCUT2D eigenvalue weighted by Gasteiger charge is 2.27. The highest BCUT2D eigenvalue weighted by molar-refractivity contribution is 5.90. The van der Waals surface area contributed by atoms with E-state index in [0.29, 0.717) is 29.9 Å². The van der Waals surface area contributed by atoms with Gasteiger partial charge in [-0.05, 0) is 31.8 Å². The topological polar surface area (TPSA) is 82.7 Å². The quantitative estimate of drug-likeness (QED) is 0.629. The lowest BCUT2D eigenvalue weighted by Crippen LogP contribution is -2.49. The first-order valence-electron chi connectivity index (χ1n) is 10.1. The van der Waals surface area contributed by atoms with E-state index in [4.69, 9.17) is 4.74 Å². The van der Waals surface area contributed by atoms with E-state index >= 15 is 0 Å². The highest BCUT2D eigenvalue weighted by Crippen LogP contribution is 2.23. The SMILES string of the molecule is COC(=O)C1=CC(NC(C)=O)=C(N2CCC(NC3CCCCC3)CC2)NC1. The second kappa shape index (κ2) is 9.26. The van der Waals surface area contributed by atoms with Gasteiger partial charge in [0.1, 0.15) is 5.82 Å². The number of amides is 1. The average molecular weight is 377 g/mol. The van der Waals surface area contributed by atoms with Crippen molar-refractivity contribution in [1.82, 2.24) is 20.9 Å². The molecule has 0 bridgehead atoms. The zero-order valence-corrected chi connectivity index (χ0v) is 16.5. The van der Waals surface area contributed by atoms with Crippen molar-refractivity contribution in [1.29, 1.82) is 0 Å². The van der Waals surface area contributed by atoms with Gasteiger partial charge in [-0.25, -0.2) is 4.79 Å². The Balaban J connectivity index is 1.63. The summed E-state index contributed by atoms with van der Waals surface area (Å²) in [5.74, 6) is 0.370. The number of methoxy groups -OCH3 is 1. The summed E-state index contributed by atoms with van der Waals surface area (Å²) in [7, 11) is 1.37. The van der Waals surface area contributed by atoms with Crippen molar-refractivity contribution in [3.63, 3.8) is 0 Å². The third kappa shape index (κ3) is 5.25. The maximum atomic E-state index is 11.8. The minimum Gasteiger partial charge on any atom is -0.466 e. The molecule has 1 saturated carbocycles. The summed E-state index contributed by atoms with van der Waals surface area (Å²) >= 11 is 0. The van der Waals surface area contributed by atoms with E-state index in [-0.39, 0.29) is 11.9 Å². The molecule has 7 heteroatoms. The summed E-state index contributed by atoms with van der Waals surface area (Å²) in [4.78, 5) is 25.7. The molecule has 3 aliphatic rings. The zero-order chi connectivity index (χ0) is 19.2. The second-order valence-electron chi connectivity index (χ2n) is 7.72. The number of likely N-dealkylation sites (tertiary alicyclic amines) is 1. The van der Waals surface area contributed by atoms with Gasteiger partial charge < -0.3 is 25.6 Å². The predicted molar refractivity (Wildman–Crippen MR) is 104 cm³/mol. The molecule has 0 atom stereocenters. The lowest BCUT2D eigenvalue weighted by molar-refractivity contribution is -0.136. The van der Waals surface area contributed by atoms with Gasteiger partial charge in [-0.3, -0.25) is 4.79 Å². The lowest BCUT2D eigenvalue weighted by Gasteiger charge is -2.39. The lowest BCUT2D eigenvalue weighted by atomic mass is 9.93. The molecular formula is C20H32N4O3. The molecule has 27 heavy (non-hydrogen) atoms. The van der Waals surface area contributed by atoms with E-state index in [2.05, 4.69) is 20.9 Å². The number of nitrogens with one attached hydrogen (secondary N) is 3. The first-order valence-corrected chi connectivity index (χ1v) is 10.1. The number of allylic oxidation sites excluding steroid dienone is 1. The molecular weight excluding hydrogens is 344 g/mol. The normalized spacial score (nSPS) is 22.1. The Morgan fingerprint density at radius 1 is 1.11 bits per heavy atom. The van der Waals surface area contributed by atoms with Crippen LogP contribution in [0.3, 0.4) is 0 Å². The van der Waals surface area contributed by atoms with Crippen LogP contribution in [-0.2, 0) is 14.3 Å². The first-order chi connectivity index (χ1) is 13.1. The standard InChI is InChI=1S/C20H32N4O3/c1-14(25)22-18-12-15(20(26)27-2)13-21-19(18)24-10-8-17(9-11-24)23-16-6-4-3-5-7-16/h12,16-17,21,23H,3-11,13H2,1-2H3,(H,22,25). The second-order valence-corrected chi connectivity index (χ2v) is 7.72. The fourth-order valence-electron chi connectivity index (χ4n) is 4.27. The molecule has 1 saturated heterocycles. The van der Waals surface area contributed by atoms with Gasteiger partial charge in [0.05, 0.1) is 18.4 Å². The highest BCUT2D eigenvalue weighted by atomic mass is 16.5. The van der Waals surface area contributed by atoms with Gasteiger partial charge in [-0.1, -0.05) is 19.3 Å². The van der Waals surface area contributed by atoms with Crippen molar-refractivity contribution in [2.45, 2.75) is 64.0 Å². The summed E-state index contributed by atoms with van der Waals surface area (Å²) < 4.78 is 4.81. The van der Waals surface area contributed by atoms with Crippen molar-refractivity contribution in [2.75, 3.05) is 26.7 Å². The zero-order valence-electron chi connectivity index (χ0n) is 16.5. The number of dihydropyridines is 1. The summed E-state index contributed by atoms with van der Waals surface area (Å²) in [6.45, 7) is 3.74. The van der Waals surface area contributed by atoms with Crippen LogP contribution in [0.1, 0.15) is 51.9 Å². The van der Waals surface area contributed by atoms with E-state index in [1.54, 1.807) is 6.08 Å². The van der Waals surface area contributed by atoms with Crippen LogP contribution in [0.15, 0.2) is 23.2 Å². The molecule has 1 amide bonds. The number of carbonyl (C=O) groups excluding carboxylic acids is 2. The minimum absolute atomic E-state index is 0.152. The van der Waals surface area contributed by atoms with Gasteiger partial charge >= 0.3 is 5.97 Å². The molecule has 2 fully saturated rings. The number of esters is 1. The van der Waals surface area contributed by atoms with Gasteiger partial charge in [-0.15, -0.1) is 0 Å². The van der Waals surface area contributed by atoms with Crippen LogP contribution in [0, 0.1) is 0 Å². The van der Waals surface area contributed by atoms with Crippen molar-refractivity contribution in [3.05, 3.63) is 23.2 Å². The summed E-state index contributed by atoms with van der Waals surface area (Å²) in [6.07, 6.45) is 10.6. The molecule has 2 aliphatic heterocycles. The Morgan fingerprint density at radius 2 is 1.78 bits per heavy atom. The Labute approximate surface area is 161 Å². The van der Waals surface area contributed by atoms with E-state index < -0.39 is 0 Å². The average Bonchev–Trinajstić information content (AvgIpc) is 2.68. The van der Waals surface area contributed by atoms with Crippen LogP contribution in [0.2, 0.25) is 0 Å². The molecule has 3 rings (SSSR count). The van der Waals surface area contributed by atoms with Gasteiger partial charge in [0.25, 0.3) is 0 Å². The molecule has 0 aromatic heterocycles. The fraction of sp³-hybridized carbons (Fsp3) is 0.700. The van der Waals surface area contributed by atoms with Crippen LogP contribution in [0.25, 0.3) is 0 Å². The smallest absolute Gasteiger partial charge is 0.335 e. The van der Waals surface area contributed by atoms with E-state index in [0.717, 1.165) is 31.8 Å². The third-order valence-electron chi connectivity index (χ3n) is 5.67. The van der Waals surface area contributed by atoms with E-state index in [1.165, 1.54) is 46.1 Å². The molecule has 7 nitrogen and oxygen atoms in total. The molecule has 1 aliphatic carbocycles. The molecule has 0 spiro atoms. The van der Waals surface area contributed by atoms with Gasteiger partial charge in [0.15, 0.2) is 0 Å². The third-order valence-corrected chi connectivity index (χ3v) is 5.67. The molecule has 150 valence electrons. The Morgan fingerprint density at radius 3 is 2.41 bits per heavy atom. The van der Waals surface area contributed by atoms with Crippen LogP contribution in [-0.4, -0.2) is 55.6 Å². The van der Waals surface area contributed by atoms with Crippen LogP contribution >= 0.6 is 0 Å². The molecule has 0 aromatic carbocycles. The Hall–Kier alpha value is -2.02. The number of carbonyl (C=O) groups is 2. The van der Waals surface area contributed by atoms with Crippen molar-refractivity contribution >= 4 is 11.9 Å². The number of rotatable bonds is 5. The monoisotopic (exact) mass is 376 g/mol. The maximum absolute atomic E-state index is 11.8. The minimum atomic E-state index is -0.375. The molecule has 0 radical (unpaired) electrons. The first kappa shape index (κ1) is 19.7. The fourth-order valence-corrected chi connectivity index (χ4v) is 4.27. The van der Waals surface area contributed by atoms with Gasteiger partial charge in [0, 0.05) is 38.6 Å². The number of hydrogen-bond acceptors (Lipinski definition) is 6. The molecule has 0 aromatic rings. The number of piperidine rings is 1. The van der Waals surface area contributed by atoms with Crippen LogP contribution in [0.5, 0.6) is 0 Å². The van der Waals surface area contributed by atoms with Crippen molar-refractivity contribution in [2.24, 2.45) is 0 Å². The molecule has 2 heterocycles. The number of nitrogens with zero attached hydrogens (tertiary/aromatic N) is 1. The predicted octanol–water partition coefficient (Wildman–Crippen LogP) is 1.38. The van der Waals surface area contributed by atoms with Crippen molar-refractivity contribution < 1.29 is 14.3 Å². The maximum Gasteiger partial charge on any atom is 0.335 e. The summed E-state index contributed by atoms with van der Waals surface area (Å²) in [5.41, 5.74) is 1.16. The number of ether oxygens (including phenoxy) is 1. The van der Waals surface area contributed by atoms with Gasteiger partial charge in [0.2, 0.25) is 5.91 Å². The molecule has 0 unspecified atom stereocenters. The largest absolute Gasteiger partial charge is 0.466 e. The van der Waals surface area contributed by atoms with Crippen LogP contribution in [0.4, 0.5) is 0 Å². The summed E-state index contributed by atoms with van der Waals surface area (Å²) in [5, 5.41) is 10.0. The van der Waals surface area contributed by atoms with E-state index in [1.807, 2.05) is 0 Å². The van der Waals surface area contributed by atoms with E-state index in [9.17, 15) is 9.59 Å². The Kier molecular flexibility index (Phi) is 6.77. The van der Waals surface area contributed by atoms with Gasteiger partial charge in [-0.2, -0.15) is 0 Å². The van der Waals surface area contributed by atoms with Crippen LogP contribution < -0.4 is 16.0 Å².